The van der Waals surface area contributed by atoms with Crippen LogP contribution in [0.5, 0.6) is 0 Å². The first-order valence-corrected chi connectivity index (χ1v) is 9.03. The molecule has 1 amide bonds. The third-order valence-electron chi connectivity index (χ3n) is 4.83. The third kappa shape index (κ3) is 4.05. The Balaban J connectivity index is 2.00. The van der Waals surface area contributed by atoms with Gasteiger partial charge in [-0.3, -0.25) is 10.1 Å². The van der Waals surface area contributed by atoms with E-state index in [0.717, 1.165) is 16.5 Å². The molecule has 2 heterocycles. The molecule has 0 spiro atoms. The zero-order valence-corrected chi connectivity index (χ0v) is 15.7. The minimum Gasteiger partial charge on any atom is -0.444 e. The molecule has 1 saturated heterocycles. The van der Waals surface area contributed by atoms with E-state index >= 15 is 0 Å². The van der Waals surface area contributed by atoms with Gasteiger partial charge >= 0.3 is 6.09 Å². The number of rotatable bonds is 4. The Bertz CT molecular complexity index is 841. The van der Waals surface area contributed by atoms with Crippen LogP contribution in [0, 0.1) is 10.1 Å². The number of likely N-dealkylation sites (tertiary alicyclic amines) is 1. The Morgan fingerprint density at radius 1 is 1.44 bits per heavy atom. The number of amides is 1. The van der Waals surface area contributed by atoms with E-state index in [4.69, 9.17) is 4.74 Å². The zero-order valence-electron chi connectivity index (χ0n) is 15.7. The highest BCUT2D eigenvalue weighted by molar-refractivity contribution is 5.84. The van der Waals surface area contributed by atoms with Crippen LogP contribution in [0.4, 0.5) is 4.79 Å². The number of hydrogen-bond donors (Lipinski definition) is 2. The maximum Gasteiger partial charge on any atom is 0.410 e. The van der Waals surface area contributed by atoms with Crippen LogP contribution in [0.1, 0.15) is 38.7 Å². The van der Waals surface area contributed by atoms with Gasteiger partial charge in [-0.05, 0) is 38.8 Å². The molecule has 0 saturated carbocycles. The van der Waals surface area contributed by atoms with E-state index in [1.54, 1.807) is 27.0 Å². The van der Waals surface area contributed by atoms with Gasteiger partial charge in [-0.2, -0.15) is 0 Å². The van der Waals surface area contributed by atoms with Gasteiger partial charge in [0.05, 0.1) is 18.1 Å². The molecule has 1 aliphatic rings. The molecule has 2 N–H and O–H groups in total. The lowest BCUT2D eigenvalue weighted by molar-refractivity contribution is -0.484. The summed E-state index contributed by atoms with van der Waals surface area (Å²) in [6.45, 7) is 5.21. The molecule has 8 heteroatoms. The Labute approximate surface area is 157 Å². The number of carbonyl (C=O) groups excluding carboxylic acids is 1. The Kier molecular flexibility index (Phi) is 5.10. The van der Waals surface area contributed by atoms with Crippen molar-refractivity contribution < 1.29 is 19.6 Å². The summed E-state index contributed by atoms with van der Waals surface area (Å²) in [6, 6.07) is 6.79. The summed E-state index contributed by atoms with van der Waals surface area (Å²) >= 11 is 0. The van der Waals surface area contributed by atoms with Gasteiger partial charge in [0.15, 0.2) is 0 Å². The van der Waals surface area contributed by atoms with Crippen molar-refractivity contribution in [2.45, 2.75) is 50.9 Å². The fourth-order valence-electron chi connectivity index (χ4n) is 3.77. The number of nitro groups is 1. The number of aromatic amines is 1. The Hall–Kier alpha value is -2.61. The number of aromatic nitrogens is 1. The maximum absolute atomic E-state index is 12.7. The molecule has 3 atom stereocenters. The molecule has 27 heavy (non-hydrogen) atoms. The highest BCUT2D eigenvalue weighted by Crippen LogP contribution is 2.36. The molecular formula is C19H25N3O5. The fraction of sp³-hybridized carbons (Fsp3) is 0.526. The van der Waals surface area contributed by atoms with E-state index in [1.165, 1.54) is 4.90 Å². The summed E-state index contributed by atoms with van der Waals surface area (Å²) in [4.78, 5) is 28.2. The average molecular weight is 375 g/mol. The molecule has 1 aromatic carbocycles. The quantitative estimate of drug-likeness (QED) is 0.631. The predicted octanol–water partition coefficient (Wildman–Crippen LogP) is 2.90. The second-order valence-electron chi connectivity index (χ2n) is 7.93. The Morgan fingerprint density at radius 2 is 2.15 bits per heavy atom. The van der Waals surface area contributed by atoms with Gasteiger partial charge in [-0.25, -0.2) is 4.79 Å². The summed E-state index contributed by atoms with van der Waals surface area (Å²) in [5.74, 6) is -0.652. The molecule has 1 fully saturated rings. The van der Waals surface area contributed by atoms with Gasteiger partial charge in [0.1, 0.15) is 5.60 Å². The molecule has 146 valence electrons. The maximum atomic E-state index is 12.7. The minimum absolute atomic E-state index is 0.303. The minimum atomic E-state index is -0.851. The van der Waals surface area contributed by atoms with Crippen LogP contribution in [-0.2, 0) is 4.74 Å². The zero-order chi connectivity index (χ0) is 19.8. The van der Waals surface area contributed by atoms with Crippen molar-refractivity contribution in [1.82, 2.24) is 9.88 Å². The number of aliphatic hydroxyl groups excluding tert-OH is 1. The second-order valence-corrected chi connectivity index (χ2v) is 7.93. The lowest BCUT2D eigenvalue weighted by Gasteiger charge is -2.33. The van der Waals surface area contributed by atoms with Crippen LogP contribution < -0.4 is 0 Å². The van der Waals surface area contributed by atoms with Crippen LogP contribution in [0.15, 0.2) is 30.5 Å². The predicted molar refractivity (Wildman–Crippen MR) is 100 cm³/mol. The van der Waals surface area contributed by atoms with Gasteiger partial charge in [0, 0.05) is 28.6 Å². The Morgan fingerprint density at radius 3 is 2.81 bits per heavy atom. The molecule has 0 unspecified atom stereocenters. The molecular weight excluding hydrogens is 350 g/mol. The standard InChI is InChI=1S/C19H25N3O5/c1-19(2,3)27-18(24)21-9-8-16(23)17(21)14(11-22(25)26)13-10-20-15-7-5-4-6-12(13)15/h4-7,10,14,16-17,20,23H,8-9,11H2,1-3H3/t14-,16-,17+/m0/s1. The number of benzene rings is 1. The highest BCUT2D eigenvalue weighted by Gasteiger charge is 2.45. The van der Waals surface area contributed by atoms with Crippen molar-refractivity contribution in [1.29, 1.82) is 0 Å². The lowest BCUT2D eigenvalue weighted by Crippen LogP contribution is -2.47. The number of fused-ring (bicyclic) bond motifs is 1. The van der Waals surface area contributed by atoms with Crippen molar-refractivity contribution >= 4 is 17.0 Å². The monoisotopic (exact) mass is 375 g/mol. The normalized spacial score (nSPS) is 21.4. The molecule has 1 aromatic heterocycles. The summed E-state index contributed by atoms with van der Waals surface area (Å²) in [6.07, 6.45) is 0.686. The number of hydrogen-bond acceptors (Lipinski definition) is 5. The summed E-state index contributed by atoms with van der Waals surface area (Å²) < 4.78 is 5.46. The number of ether oxygens (including phenoxy) is 1. The SMILES string of the molecule is CC(C)(C)OC(=O)N1CC[C@H](O)[C@H]1[C@@H](C[N+](=O)[O-])c1c[nH]c2ccccc12. The first kappa shape index (κ1) is 19.2. The van der Waals surface area contributed by atoms with Crippen LogP contribution in [0.3, 0.4) is 0 Å². The summed E-state index contributed by atoms with van der Waals surface area (Å²) in [5, 5.41) is 22.8. The number of para-hydroxylation sites is 1. The van der Waals surface area contributed by atoms with Gasteiger partial charge in [0.25, 0.3) is 0 Å². The first-order valence-electron chi connectivity index (χ1n) is 9.03. The molecule has 2 aromatic rings. The second kappa shape index (κ2) is 7.19. The molecule has 0 radical (unpaired) electrons. The highest BCUT2D eigenvalue weighted by atomic mass is 16.6. The van der Waals surface area contributed by atoms with E-state index in [1.807, 2.05) is 24.3 Å². The van der Waals surface area contributed by atoms with Crippen molar-refractivity contribution in [2.75, 3.05) is 13.1 Å². The molecule has 3 rings (SSSR count). The van der Waals surface area contributed by atoms with Gasteiger partial charge in [-0.15, -0.1) is 0 Å². The summed E-state index contributed by atoms with van der Waals surface area (Å²) in [5.41, 5.74) is 0.896. The fourth-order valence-corrected chi connectivity index (χ4v) is 3.77. The molecule has 8 nitrogen and oxygen atoms in total. The van der Waals surface area contributed by atoms with Crippen LogP contribution in [0.25, 0.3) is 10.9 Å². The number of H-pyrrole nitrogens is 1. The van der Waals surface area contributed by atoms with Crippen molar-refractivity contribution in [3.05, 3.63) is 46.1 Å². The van der Waals surface area contributed by atoms with Crippen LogP contribution in [-0.4, -0.2) is 56.8 Å². The number of nitrogens with one attached hydrogen (secondary N) is 1. The van der Waals surface area contributed by atoms with Crippen molar-refractivity contribution in [2.24, 2.45) is 0 Å². The van der Waals surface area contributed by atoms with Crippen LogP contribution in [0.2, 0.25) is 0 Å². The summed E-state index contributed by atoms with van der Waals surface area (Å²) in [7, 11) is 0. The first-order chi connectivity index (χ1) is 12.7. The number of nitrogens with zero attached hydrogens (tertiary/aromatic N) is 2. The lowest BCUT2D eigenvalue weighted by atomic mass is 9.88. The molecule has 1 aliphatic heterocycles. The number of carbonyl (C=O) groups is 1. The van der Waals surface area contributed by atoms with Gasteiger partial charge < -0.3 is 19.7 Å². The van der Waals surface area contributed by atoms with Crippen molar-refractivity contribution in [3.8, 4) is 0 Å². The van der Waals surface area contributed by atoms with E-state index in [2.05, 4.69) is 4.98 Å². The van der Waals surface area contributed by atoms with Crippen LogP contribution >= 0.6 is 0 Å². The average Bonchev–Trinajstić information content (AvgIpc) is 3.15. The van der Waals surface area contributed by atoms with E-state index < -0.39 is 34.7 Å². The van der Waals surface area contributed by atoms with Gasteiger partial charge in [0.2, 0.25) is 6.54 Å². The van der Waals surface area contributed by atoms with Gasteiger partial charge in [-0.1, -0.05) is 18.2 Å². The number of aliphatic hydroxyl groups is 1. The smallest absolute Gasteiger partial charge is 0.410 e. The molecule has 0 aliphatic carbocycles. The topological polar surface area (TPSA) is 109 Å². The third-order valence-corrected chi connectivity index (χ3v) is 4.83. The van der Waals surface area contributed by atoms with E-state index in [0.29, 0.717) is 13.0 Å². The largest absolute Gasteiger partial charge is 0.444 e. The molecule has 0 bridgehead atoms. The van der Waals surface area contributed by atoms with E-state index in [9.17, 15) is 20.0 Å². The van der Waals surface area contributed by atoms with Crippen molar-refractivity contribution in [3.63, 3.8) is 0 Å². The van der Waals surface area contributed by atoms with E-state index in [-0.39, 0.29) is 6.54 Å².